The highest BCUT2D eigenvalue weighted by Gasteiger charge is 2.22. The molecule has 1 aliphatic heterocycles. The predicted molar refractivity (Wildman–Crippen MR) is 130 cm³/mol. The summed E-state index contributed by atoms with van der Waals surface area (Å²) in [5.41, 5.74) is 9.78. The Labute approximate surface area is 194 Å². The molecule has 172 valence electrons. The molecule has 2 heterocycles. The molecule has 0 spiro atoms. The summed E-state index contributed by atoms with van der Waals surface area (Å²) >= 11 is 0. The number of piperazine rings is 1. The number of amides is 2. The Kier molecular flexibility index (Phi) is 6.92. The number of carbonyl (C=O) groups is 2. The summed E-state index contributed by atoms with van der Waals surface area (Å²) in [5, 5.41) is 2.91. The average Bonchev–Trinajstić information content (AvgIpc) is 3.35. The molecule has 0 saturated carbocycles. The zero-order valence-corrected chi connectivity index (χ0v) is 18.9. The van der Waals surface area contributed by atoms with Crippen LogP contribution in [-0.4, -0.2) is 54.1 Å². The minimum Gasteiger partial charge on any atom is -0.368 e. The molecule has 4 rings (SSSR count). The van der Waals surface area contributed by atoms with Gasteiger partial charge in [-0.25, -0.2) is 4.98 Å². The Morgan fingerprint density at radius 2 is 1.76 bits per heavy atom. The van der Waals surface area contributed by atoms with Crippen LogP contribution in [-0.2, 0) is 6.54 Å². The standard InChI is InChI=1S/C25H30N6O2/c1-19-5-2-3-6-22(19)30-13-15-31(16-14-30)23-8-7-20(17-21(23)24(26)32)25(33)28-9-4-11-29-12-10-27-18-29/h2-3,5-8,10,12,17-18H,4,9,11,13-16H2,1H3,(H2,26,32)(H,28,33). The van der Waals surface area contributed by atoms with Gasteiger partial charge in [-0.15, -0.1) is 0 Å². The highest BCUT2D eigenvalue weighted by atomic mass is 16.2. The number of nitrogens with zero attached hydrogens (tertiary/aromatic N) is 4. The van der Waals surface area contributed by atoms with E-state index in [1.54, 1.807) is 24.7 Å². The van der Waals surface area contributed by atoms with Gasteiger partial charge in [0, 0.05) is 68.6 Å². The molecule has 0 bridgehead atoms. The number of aromatic nitrogens is 2. The lowest BCUT2D eigenvalue weighted by molar-refractivity contribution is 0.0952. The molecule has 0 atom stereocenters. The Morgan fingerprint density at radius 1 is 1.03 bits per heavy atom. The number of primary amides is 1. The number of nitrogens with two attached hydrogens (primary N) is 1. The van der Waals surface area contributed by atoms with Crippen molar-refractivity contribution >= 4 is 23.2 Å². The van der Waals surface area contributed by atoms with Crippen LogP contribution in [0.4, 0.5) is 11.4 Å². The highest BCUT2D eigenvalue weighted by molar-refractivity contribution is 6.03. The predicted octanol–water partition coefficient (Wildman–Crippen LogP) is 2.44. The van der Waals surface area contributed by atoms with Crippen LogP contribution in [0.25, 0.3) is 0 Å². The molecule has 0 aliphatic carbocycles. The van der Waals surface area contributed by atoms with E-state index in [1.165, 1.54) is 11.3 Å². The molecular formula is C25H30N6O2. The maximum absolute atomic E-state index is 12.6. The van der Waals surface area contributed by atoms with E-state index >= 15 is 0 Å². The number of hydrogen-bond acceptors (Lipinski definition) is 5. The van der Waals surface area contributed by atoms with Gasteiger partial charge in [-0.3, -0.25) is 9.59 Å². The largest absolute Gasteiger partial charge is 0.368 e. The first kappa shape index (κ1) is 22.4. The van der Waals surface area contributed by atoms with Gasteiger partial charge in [0.05, 0.1) is 11.9 Å². The number of nitrogens with one attached hydrogen (secondary N) is 1. The summed E-state index contributed by atoms with van der Waals surface area (Å²) in [6.45, 7) is 6.67. The fraction of sp³-hybridized carbons (Fsp3) is 0.320. The van der Waals surface area contributed by atoms with Crippen LogP contribution in [0, 0.1) is 6.92 Å². The van der Waals surface area contributed by atoms with Crippen molar-refractivity contribution < 1.29 is 9.59 Å². The second-order valence-electron chi connectivity index (χ2n) is 8.27. The topological polar surface area (TPSA) is 96.5 Å². The van der Waals surface area contributed by atoms with Crippen molar-refractivity contribution in [2.24, 2.45) is 5.73 Å². The second-order valence-corrected chi connectivity index (χ2v) is 8.27. The van der Waals surface area contributed by atoms with E-state index in [2.05, 4.69) is 45.2 Å². The Bertz CT molecular complexity index is 1100. The van der Waals surface area contributed by atoms with E-state index in [1.807, 2.05) is 22.9 Å². The van der Waals surface area contributed by atoms with Gasteiger partial charge in [0.25, 0.3) is 11.8 Å². The van der Waals surface area contributed by atoms with Crippen LogP contribution in [0.1, 0.15) is 32.7 Å². The SMILES string of the molecule is Cc1ccccc1N1CCN(c2ccc(C(=O)NCCCn3ccnc3)cc2C(N)=O)CC1. The molecule has 3 N–H and O–H groups in total. The van der Waals surface area contributed by atoms with Gasteiger partial charge in [0.1, 0.15) is 0 Å². The zero-order valence-electron chi connectivity index (χ0n) is 18.9. The van der Waals surface area contributed by atoms with E-state index in [0.717, 1.165) is 44.8 Å². The van der Waals surface area contributed by atoms with Gasteiger partial charge in [0.2, 0.25) is 0 Å². The van der Waals surface area contributed by atoms with Crippen LogP contribution >= 0.6 is 0 Å². The summed E-state index contributed by atoms with van der Waals surface area (Å²) < 4.78 is 1.96. The number of rotatable bonds is 8. The van der Waals surface area contributed by atoms with Crippen molar-refractivity contribution in [3.05, 3.63) is 77.9 Å². The van der Waals surface area contributed by atoms with Crippen molar-refractivity contribution in [2.75, 3.05) is 42.5 Å². The normalized spacial score (nSPS) is 13.7. The minimum absolute atomic E-state index is 0.209. The molecule has 2 amide bonds. The summed E-state index contributed by atoms with van der Waals surface area (Å²) in [4.78, 5) is 33.3. The van der Waals surface area contributed by atoms with Gasteiger partial charge < -0.3 is 25.4 Å². The first-order valence-corrected chi connectivity index (χ1v) is 11.3. The van der Waals surface area contributed by atoms with Crippen molar-refractivity contribution in [3.63, 3.8) is 0 Å². The number of carbonyl (C=O) groups excluding carboxylic acids is 2. The first-order chi connectivity index (χ1) is 16.0. The molecular weight excluding hydrogens is 416 g/mol. The maximum atomic E-state index is 12.6. The smallest absolute Gasteiger partial charge is 0.251 e. The van der Waals surface area contributed by atoms with Gasteiger partial charge in [-0.2, -0.15) is 0 Å². The summed E-state index contributed by atoms with van der Waals surface area (Å²) in [6.07, 6.45) is 6.16. The van der Waals surface area contributed by atoms with Crippen LogP contribution < -0.4 is 20.9 Å². The number of aryl methyl sites for hydroxylation is 2. The molecule has 1 saturated heterocycles. The van der Waals surface area contributed by atoms with E-state index in [-0.39, 0.29) is 5.91 Å². The molecule has 8 heteroatoms. The number of anilines is 2. The van der Waals surface area contributed by atoms with Crippen molar-refractivity contribution in [1.29, 1.82) is 0 Å². The number of para-hydroxylation sites is 1. The summed E-state index contributed by atoms with van der Waals surface area (Å²) in [6, 6.07) is 13.6. The van der Waals surface area contributed by atoms with Crippen molar-refractivity contribution in [1.82, 2.24) is 14.9 Å². The molecule has 2 aromatic carbocycles. The van der Waals surface area contributed by atoms with E-state index in [9.17, 15) is 9.59 Å². The van der Waals surface area contributed by atoms with Crippen LogP contribution in [0.5, 0.6) is 0 Å². The number of hydrogen-bond donors (Lipinski definition) is 2. The molecule has 0 radical (unpaired) electrons. The molecule has 1 aromatic heterocycles. The Hall–Kier alpha value is -3.81. The van der Waals surface area contributed by atoms with Crippen LogP contribution in [0.2, 0.25) is 0 Å². The summed E-state index contributed by atoms with van der Waals surface area (Å²) in [5.74, 6) is -0.736. The monoisotopic (exact) mass is 446 g/mol. The minimum atomic E-state index is -0.527. The molecule has 3 aromatic rings. The fourth-order valence-electron chi connectivity index (χ4n) is 4.24. The third kappa shape index (κ3) is 5.34. The fourth-order valence-corrected chi connectivity index (χ4v) is 4.24. The van der Waals surface area contributed by atoms with Crippen LogP contribution in [0.15, 0.2) is 61.2 Å². The molecule has 1 fully saturated rings. The van der Waals surface area contributed by atoms with Gasteiger partial charge in [0.15, 0.2) is 0 Å². The highest BCUT2D eigenvalue weighted by Crippen LogP contribution is 2.26. The van der Waals surface area contributed by atoms with Crippen molar-refractivity contribution in [2.45, 2.75) is 19.9 Å². The van der Waals surface area contributed by atoms with Gasteiger partial charge in [-0.05, 0) is 43.2 Å². The molecule has 8 nitrogen and oxygen atoms in total. The summed E-state index contributed by atoms with van der Waals surface area (Å²) in [7, 11) is 0. The molecule has 33 heavy (non-hydrogen) atoms. The molecule has 0 unspecified atom stereocenters. The number of imidazole rings is 1. The number of benzene rings is 2. The van der Waals surface area contributed by atoms with E-state index in [4.69, 9.17) is 5.73 Å². The van der Waals surface area contributed by atoms with Crippen molar-refractivity contribution in [3.8, 4) is 0 Å². The quantitative estimate of drug-likeness (QED) is 0.518. The Morgan fingerprint density at radius 3 is 2.42 bits per heavy atom. The lowest BCUT2D eigenvalue weighted by Crippen LogP contribution is -2.47. The van der Waals surface area contributed by atoms with E-state index in [0.29, 0.717) is 17.7 Å². The third-order valence-electron chi connectivity index (χ3n) is 6.04. The third-order valence-corrected chi connectivity index (χ3v) is 6.04. The lowest BCUT2D eigenvalue weighted by atomic mass is 10.1. The first-order valence-electron chi connectivity index (χ1n) is 11.3. The van der Waals surface area contributed by atoms with Gasteiger partial charge in [-0.1, -0.05) is 18.2 Å². The Balaban J connectivity index is 1.38. The lowest BCUT2D eigenvalue weighted by Gasteiger charge is -2.38. The maximum Gasteiger partial charge on any atom is 0.251 e. The van der Waals surface area contributed by atoms with Gasteiger partial charge >= 0.3 is 0 Å². The molecule has 1 aliphatic rings. The van der Waals surface area contributed by atoms with Crippen LogP contribution in [0.3, 0.4) is 0 Å². The average molecular weight is 447 g/mol. The second kappa shape index (κ2) is 10.2. The zero-order chi connectivity index (χ0) is 23.2. The van der Waals surface area contributed by atoms with E-state index < -0.39 is 5.91 Å².